The number of piperidine rings is 1. The lowest BCUT2D eigenvalue weighted by Crippen LogP contribution is -2.68. The largest absolute Gasteiger partial charge is 0.353 e. The van der Waals surface area contributed by atoms with E-state index in [-0.39, 0.29) is 0 Å². The van der Waals surface area contributed by atoms with Crippen LogP contribution in [0.4, 0.5) is 5.82 Å². The van der Waals surface area contributed by atoms with Crippen LogP contribution in [0, 0.1) is 0 Å². The van der Waals surface area contributed by atoms with Crippen LogP contribution in [0.3, 0.4) is 0 Å². The van der Waals surface area contributed by atoms with Crippen molar-refractivity contribution in [2.75, 3.05) is 18.0 Å². The fourth-order valence-corrected chi connectivity index (χ4v) is 3.90. The highest BCUT2D eigenvalue weighted by Gasteiger charge is 2.45. The fraction of sp³-hybridized carbons (Fsp3) is 0.625. The highest BCUT2D eigenvalue weighted by molar-refractivity contribution is 5.43. The number of hydrogen-bond acceptors (Lipinski definition) is 6. The Hall–Kier alpha value is -2.02. The highest BCUT2D eigenvalue weighted by atomic mass is 15.4. The van der Waals surface area contributed by atoms with Crippen molar-refractivity contribution in [3.63, 3.8) is 0 Å². The van der Waals surface area contributed by atoms with Crippen LogP contribution in [0.15, 0.2) is 18.7 Å². The second-order valence-electron chi connectivity index (χ2n) is 7.00. The molecule has 2 atom stereocenters. The van der Waals surface area contributed by atoms with E-state index in [1.807, 2.05) is 11.7 Å². The van der Waals surface area contributed by atoms with Gasteiger partial charge in [0.25, 0.3) is 0 Å². The summed E-state index contributed by atoms with van der Waals surface area (Å²) in [5.41, 5.74) is 1.23. The molecule has 2 bridgehead atoms. The third kappa shape index (κ3) is 2.30. The third-order valence-corrected chi connectivity index (χ3v) is 5.47. The van der Waals surface area contributed by atoms with Gasteiger partial charge in [-0.1, -0.05) is 0 Å². The van der Waals surface area contributed by atoms with Crippen molar-refractivity contribution < 1.29 is 0 Å². The van der Waals surface area contributed by atoms with Gasteiger partial charge in [-0.25, -0.2) is 15.0 Å². The van der Waals surface area contributed by atoms with Gasteiger partial charge in [-0.3, -0.25) is 9.58 Å². The second-order valence-corrected chi connectivity index (χ2v) is 7.00. The Morgan fingerprint density at radius 3 is 2.61 bits per heavy atom. The molecule has 3 saturated heterocycles. The number of aromatic nitrogens is 5. The van der Waals surface area contributed by atoms with Crippen molar-refractivity contribution in [2.24, 2.45) is 7.05 Å². The van der Waals surface area contributed by atoms with Gasteiger partial charge in [0.1, 0.15) is 24.3 Å². The van der Waals surface area contributed by atoms with Crippen LogP contribution in [0.1, 0.15) is 36.7 Å². The van der Waals surface area contributed by atoms with Crippen molar-refractivity contribution in [3.05, 3.63) is 30.2 Å². The molecule has 5 heterocycles. The first-order valence-electron chi connectivity index (χ1n) is 8.43. The summed E-state index contributed by atoms with van der Waals surface area (Å²) in [6.07, 6.45) is 7.23. The summed E-state index contributed by atoms with van der Waals surface area (Å²) in [5.74, 6) is 2.84. The van der Waals surface area contributed by atoms with Gasteiger partial charge in [0.05, 0.1) is 6.54 Å². The lowest BCUT2D eigenvalue weighted by Gasteiger charge is -2.56. The molecule has 2 aromatic rings. The summed E-state index contributed by atoms with van der Waals surface area (Å²) >= 11 is 0. The molecule has 4 fully saturated rings. The molecule has 0 aromatic carbocycles. The first-order chi connectivity index (χ1) is 11.3. The molecule has 4 aliphatic rings. The molecule has 0 radical (unpaired) electrons. The van der Waals surface area contributed by atoms with Crippen LogP contribution in [0.2, 0.25) is 0 Å². The molecule has 0 spiro atoms. The molecule has 6 rings (SSSR count). The number of hydrogen-bond donors (Lipinski definition) is 0. The smallest absolute Gasteiger partial charge is 0.140 e. The zero-order valence-electron chi connectivity index (χ0n) is 13.3. The molecule has 0 amide bonds. The van der Waals surface area contributed by atoms with Crippen LogP contribution in [0.25, 0.3) is 0 Å². The summed E-state index contributed by atoms with van der Waals surface area (Å²) in [7, 11) is 1.96. The standard InChI is InChI=1S/C16H21N7/c1-21-16(19-10-20-21)8-23-12-4-13(23)7-22(6-12)15-5-14(11-2-3-11)17-9-18-15/h5,9-13H,2-4,6-8H2,1H3. The van der Waals surface area contributed by atoms with E-state index in [4.69, 9.17) is 0 Å². The summed E-state index contributed by atoms with van der Waals surface area (Å²) in [6, 6.07) is 3.41. The maximum atomic E-state index is 4.51. The van der Waals surface area contributed by atoms with Crippen LogP contribution >= 0.6 is 0 Å². The molecule has 1 saturated carbocycles. The summed E-state index contributed by atoms with van der Waals surface area (Å²) < 4.78 is 1.87. The Bertz CT molecular complexity index is 711. The molecular formula is C16H21N7. The van der Waals surface area contributed by atoms with Crippen molar-refractivity contribution in [1.29, 1.82) is 0 Å². The monoisotopic (exact) mass is 311 g/mol. The minimum atomic E-state index is 0.602. The number of nitrogens with zero attached hydrogens (tertiary/aromatic N) is 7. The first kappa shape index (κ1) is 13.4. The molecule has 120 valence electrons. The zero-order chi connectivity index (χ0) is 15.4. The van der Waals surface area contributed by atoms with E-state index in [2.05, 4.69) is 35.9 Å². The average molecular weight is 311 g/mol. The van der Waals surface area contributed by atoms with E-state index >= 15 is 0 Å². The van der Waals surface area contributed by atoms with E-state index in [0.29, 0.717) is 18.0 Å². The Labute approximate surface area is 135 Å². The quantitative estimate of drug-likeness (QED) is 0.837. The predicted molar refractivity (Wildman–Crippen MR) is 85.0 cm³/mol. The summed E-state index contributed by atoms with van der Waals surface area (Å²) in [4.78, 5) is 18.3. The lowest BCUT2D eigenvalue weighted by molar-refractivity contribution is -0.0116. The van der Waals surface area contributed by atoms with Crippen molar-refractivity contribution >= 4 is 5.82 Å². The predicted octanol–water partition coefficient (Wildman–Crippen LogP) is 0.946. The van der Waals surface area contributed by atoms with Crippen molar-refractivity contribution in [1.82, 2.24) is 29.6 Å². The van der Waals surface area contributed by atoms with Gasteiger partial charge in [0.15, 0.2) is 0 Å². The van der Waals surface area contributed by atoms with Gasteiger partial charge in [-0.2, -0.15) is 5.10 Å². The van der Waals surface area contributed by atoms with Gasteiger partial charge in [-0.05, 0) is 19.3 Å². The van der Waals surface area contributed by atoms with Crippen LogP contribution in [0.5, 0.6) is 0 Å². The number of anilines is 1. The molecule has 2 unspecified atom stereocenters. The van der Waals surface area contributed by atoms with Crippen LogP contribution < -0.4 is 4.90 Å². The van der Waals surface area contributed by atoms with E-state index in [1.165, 1.54) is 25.0 Å². The maximum Gasteiger partial charge on any atom is 0.140 e. The average Bonchev–Trinajstić information content (AvgIpc) is 3.36. The third-order valence-electron chi connectivity index (χ3n) is 5.47. The Morgan fingerprint density at radius 2 is 1.91 bits per heavy atom. The SMILES string of the molecule is Cn1ncnc1CN1C2CC1CN(c1cc(C3CC3)ncn1)C2. The number of piperazine rings is 1. The number of aryl methyl sites for hydroxylation is 1. The molecule has 2 aromatic heterocycles. The Balaban J connectivity index is 1.29. The van der Waals surface area contributed by atoms with Gasteiger partial charge >= 0.3 is 0 Å². The molecule has 1 aliphatic carbocycles. The van der Waals surface area contributed by atoms with Gasteiger partial charge < -0.3 is 4.90 Å². The molecule has 7 heteroatoms. The highest BCUT2D eigenvalue weighted by Crippen LogP contribution is 2.40. The topological polar surface area (TPSA) is 63.0 Å². The number of rotatable bonds is 4. The zero-order valence-corrected chi connectivity index (χ0v) is 13.3. The normalized spacial score (nSPS) is 27.1. The van der Waals surface area contributed by atoms with E-state index in [9.17, 15) is 0 Å². The fourth-order valence-electron chi connectivity index (χ4n) is 3.90. The summed E-state index contributed by atoms with van der Waals surface area (Å²) in [6.45, 7) is 3.00. The van der Waals surface area contributed by atoms with Crippen molar-refractivity contribution in [2.45, 2.75) is 43.8 Å². The minimum absolute atomic E-state index is 0.602. The Morgan fingerprint density at radius 1 is 1.09 bits per heavy atom. The molecule has 3 aliphatic heterocycles. The first-order valence-corrected chi connectivity index (χ1v) is 8.43. The lowest BCUT2D eigenvalue weighted by atomic mass is 9.87. The molecule has 0 N–H and O–H groups in total. The molecular weight excluding hydrogens is 290 g/mol. The summed E-state index contributed by atoms with van der Waals surface area (Å²) in [5, 5.41) is 4.17. The minimum Gasteiger partial charge on any atom is -0.353 e. The number of fused-ring (bicyclic) bond motifs is 2. The van der Waals surface area contributed by atoms with Crippen LogP contribution in [-0.4, -0.2) is 54.8 Å². The molecule has 23 heavy (non-hydrogen) atoms. The van der Waals surface area contributed by atoms with Gasteiger partial charge in [0, 0.05) is 49.9 Å². The maximum absolute atomic E-state index is 4.51. The van der Waals surface area contributed by atoms with E-state index in [0.717, 1.165) is 31.3 Å². The van der Waals surface area contributed by atoms with Crippen LogP contribution in [-0.2, 0) is 13.6 Å². The second kappa shape index (κ2) is 4.99. The van der Waals surface area contributed by atoms with E-state index in [1.54, 1.807) is 12.7 Å². The van der Waals surface area contributed by atoms with Gasteiger partial charge in [0.2, 0.25) is 0 Å². The van der Waals surface area contributed by atoms with E-state index < -0.39 is 0 Å². The van der Waals surface area contributed by atoms with Crippen molar-refractivity contribution in [3.8, 4) is 0 Å². The molecule has 7 nitrogen and oxygen atoms in total. The van der Waals surface area contributed by atoms with Gasteiger partial charge in [-0.15, -0.1) is 0 Å². The Kier molecular flexibility index (Phi) is 2.91.